The van der Waals surface area contributed by atoms with Crippen LogP contribution in [0.1, 0.15) is 37.7 Å². The van der Waals surface area contributed by atoms with Crippen LogP contribution in [0.2, 0.25) is 0 Å². The molecule has 1 saturated heterocycles. The summed E-state index contributed by atoms with van der Waals surface area (Å²) in [6.07, 6.45) is 4.76. The predicted octanol–water partition coefficient (Wildman–Crippen LogP) is 2.49. The van der Waals surface area contributed by atoms with Gasteiger partial charge in [0.05, 0.1) is 5.71 Å². The maximum Gasteiger partial charge on any atom is 0.220 e. The lowest BCUT2D eigenvalue weighted by Gasteiger charge is -2.19. The molecule has 0 aromatic heterocycles. The highest BCUT2D eigenvalue weighted by atomic mass is 16.6. The van der Waals surface area contributed by atoms with E-state index in [1.54, 1.807) is 0 Å². The SMILES string of the molecule is O=C1CCCCC(CC2CON=C2c2ccccc2)N1. The normalized spacial score (nSPS) is 26.4. The van der Waals surface area contributed by atoms with Crippen LogP contribution in [0, 0.1) is 5.92 Å². The molecule has 0 spiro atoms. The number of carbonyl (C=O) groups excluding carboxylic acids is 1. The number of oxime groups is 1. The average molecular weight is 272 g/mol. The molecule has 2 atom stereocenters. The molecule has 1 amide bonds. The number of hydrogen-bond donors (Lipinski definition) is 1. The van der Waals surface area contributed by atoms with Crippen LogP contribution in [-0.4, -0.2) is 24.3 Å². The fraction of sp³-hybridized carbons (Fsp3) is 0.500. The van der Waals surface area contributed by atoms with Crippen LogP contribution in [0.25, 0.3) is 0 Å². The van der Waals surface area contributed by atoms with Gasteiger partial charge in [0, 0.05) is 18.4 Å². The van der Waals surface area contributed by atoms with Gasteiger partial charge >= 0.3 is 0 Å². The van der Waals surface area contributed by atoms with Crippen molar-refractivity contribution in [2.75, 3.05) is 6.61 Å². The second kappa shape index (κ2) is 6.07. The van der Waals surface area contributed by atoms with E-state index in [1.807, 2.05) is 18.2 Å². The molecule has 1 fully saturated rings. The molecule has 0 radical (unpaired) electrons. The van der Waals surface area contributed by atoms with Gasteiger partial charge in [-0.15, -0.1) is 0 Å². The maximum atomic E-state index is 11.6. The van der Waals surface area contributed by atoms with Gasteiger partial charge in [-0.2, -0.15) is 0 Å². The largest absolute Gasteiger partial charge is 0.395 e. The van der Waals surface area contributed by atoms with Crippen LogP contribution in [0.4, 0.5) is 0 Å². The Labute approximate surface area is 119 Å². The Balaban J connectivity index is 1.68. The van der Waals surface area contributed by atoms with Crippen molar-refractivity contribution >= 4 is 11.6 Å². The van der Waals surface area contributed by atoms with E-state index in [1.165, 1.54) is 0 Å². The van der Waals surface area contributed by atoms with E-state index < -0.39 is 0 Å². The lowest BCUT2D eigenvalue weighted by molar-refractivity contribution is -0.121. The molecular formula is C16H20N2O2. The van der Waals surface area contributed by atoms with Gasteiger partial charge in [-0.25, -0.2) is 0 Å². The summed E-state index contributed by atoms with van der Waals surface area (Å²) in [5, 5.41) is 7.33. The van der Waals surface area contributed by atoms with Crippen molar-refractivity contribution in [2.24, 2.45) is 11.1 Å². The zero-order chi connectivity index (χ0) is 13.8. The van der Waals surface area contributed by atoms with Gasteiger partial charge < -0.3 is 10.2 Å². The van der Waals surface area contributed by atoms with Gasteiger partial charge in [-0.1, -0.05) is 41.9 Å². The molecule has 20 heavy (non-hydrogen) atoms. The van der Waals surface area contributed by atoms with Gasteiger partial charge in [0.2, 0.25) is 5.91 Å². The molecule has 0 bridgehead atoms. The summed E-state index contributed by atoms with van der Waals surface area (Å²) in [4.78, 5) is 16.9. The van der Waals surface area contributed by atoms with Crippen molar-refractivity contribution in [3.05, 3.63) is 35.9 Å². The smallest absolute Gasteiger partial charge is 0.220 e. The highest BCUT2D eigenvalue weighted by Crippen LogP contribution is 2.24. The molecule has 0 saturated carbocycles. The van der Waals surface area contributed by atoms with E-state index in [4.69, 9.17) is 4.84 Å². The minimum atomic E-state index is 0.185. The van der Waals surface area contributed by atoms with E-state index in [0.29, 0.717) is 13.0 Å². The summed E-state index contributed by atoms with van der Waals surface area (Å²) < 4.78 is 0. The molecule has 2 heterocycles. The number of nitrogens with zero attached hydrogens (tertiary/aromatic N) is 1. The van der Waals surface area contributed by atoms with Crippen molar-refractivity contribution in [1.82, 2.24) is 5.32 Å². The van der Waals surface area contributed by atoms with Gasteiger partial charge in [-0.05, 0) is 24.8 Å². The topological polar surface area (TPSA) is 50.7 Å². The zero-order valence-electron chi connectivity index (χ0n) is 11.5. The summed E-state index contributed by atoms with van der Waals surface area (Å²) in [5.41, 5.74) is 2.14. The third-order valence-electron chi connectivity index (χ3n) is 4.04. The van der Waals surface area contributed by atoms with Crippen molar-refractivity contribution in [3.63, 3.8) is 0 Å². The van der Waals surface area contributed by atoms with Crippen molar-refractivity contribution in [3.8, 4) is 0 Å². The zero-order valence-corrected chi connectivity index (χ0v) is 11.5. The number of rotatable bonds is 3. The molecule has 4 heteroatoms. The second-order valence-corrected chi connectivity index (χ2v) is 5.58. The van der Waals surface area contributed by atoms with Gasteiger partial charge in [-0.3, -0.25) is 4.79 Å². The number of amides is 1. The third kappa shape index (κ3) is 3.00. The Bertz CT molecular complexity index is 498. The van der Waals surface area contributed by atoms with E-state index in [9.17, 15) is 4.79 Å². The molecule has 2 unspecified atom stereocenters. The molecule has 2 aliphatic heterocycles. The highest BCUT2D eigenvalue weighted by molar-refractivity contribution is 6.02. The van der Waals surface area contributed by atoms with Crippen molar-refractivity contribution in [2.45, 2.75) is 38.1 Å². The Morgan fingerprint density at radius 2 is 2.10 bits per heavy atom. The van der Waals surface area contributed by atoms with Crippen LogP contribution in [-0.2, 0) is 9.63 Å². The summed E-state index contributed by atoms with van der Waals surface area (Å²) in [7, 11) is 0. The highest BCUT2D eigenvalue weighted by Gasteiger charge is 2.28. The fourth-order valence-corrected chi connectivity index (χ4v) is 3.00. The molecule has 3 rings (SSSR count). The average Bonchev–Trinajstić information content (AvgIpc) is 2.82. The molecule has 106 valence electrons. The van der Waals surface area contributed by atoms with Crippen LogP contribution in [0.15, 0.2) is 35.5 Å². The summed E-state index contributed by atoms with van der Waals surface area (Å²) in [5.74, 6) is 0.463. The van der Waals surface area contributed by atoms with Gasteiger partial charge in [0.25, 0.3) is 0 Å². The first-order valence-electron chi connectivity index (χ1n) is 7.37. The summed E-state index contributed by atoms with van der Waals surface area (Å²) in [6, 6.07) is 10.4. The van der Waals surface area contributed by atoms with Crippen molar-refractivity contribution in [1.29, 1.82) is 0 Å². The number of benzene rings is 1. The summed E-state index contributed by atoms with van der Waals surface area (Å²) in [6.45, 7) is 0.622. The third-order valence-corrected chi connectivity index (χ3v) is 4.04. The first kappa shape index (κ1) is 13.2. The first-order valence-corrected chi connectivity index (χ1v) is 7.37. The lowest BCUT2D eigenvalue weighted by atomic mass is 9.90. The Morgan fingerprint density at radius 3 is 2.95 bits per heavy atom. The van der Waals surface area contributed by atoms with E-state index >= 15 is 0 Å². The maximum absolute atomic E-state index is 11.6. The lowest BCUT2D eigenvalue weighted by Crippen LogP contribution is -2.36. The molecule has 4 nitrogen and oxygen atoms in total. The molecule has 0 aliphatic carbocycles. The second-order valence-electron chi connectivity index (χ2n) is 5.58. The summed E-state index contributed by atoms with van der Waals surface area (Å²) >= 11 is 0. The first-order chi connectivity index (χ1) is 9.83. The Kier molecular flexibility index (Phi) is 4.00. The molecule has 1 aromatic carbocycles. The van der Waals surface area contributed by atoms with Gasteiger partial charge in [0.1, 0.15) is 6.61 Å². The fourth-order valence-electron chi connectivity index (χ4n) is 3.00. The molecule has 1 aromatic rings. The van der Waals surface area contributed by atoms with E-state index in [-0.39, 0.29) is 17.9 Å². The van der Waals surface area contributed by atoms with Crippen LogP contribution in [0.3, 0.4) is 0 Å². The van der Waals surface area contributed by atoms with Crippen LogP contribution >= 0.6 is 0 Å². The minimum absolute atomic E-state index is 0.185. The molecular weight excluding hydrogens is 252 g/mol. The molecule has 2 aliphatic rings. The van der Waals surface area contributed by atoms with Gasteiger partial charge in [0.15, 0.2) is 0 Å². The Hall–Kier alpha value is -1.84. The standard InChI is InChI=1S/C16H20N2O2/c19-15-9-5-4-8-14(17-15)10-13-11-20-18-16(13)12-6-2-1-3-7-12/h1-3,6-7,13-14H,4-5,8-11H2,(H,17,19). The van der Waals surface area contributed by atoms with Crippen molar-refractivity contribution < 1.29 is 9.63 Å². The van der Waals surface area contributed by atoms with E-state index in [0.717, 1.165) is 37.0 Å². The minimum Gasteiger partial charge on any atom is -0.395 e. The molecule has 1 N–H and O–H groups in total. The Morgan fingerprint density at radius 1 is 1.25 bits per heavy atom. The quantitative estimate of drug-likeness (QED) is 0.919. The van der Waals surface area contributed by atoms with Crippen LogP contribution < -0.4 is 5.32 Å². The van der Waals surface area contributed by atoms with E-state index in [2.05, 4.69) is 22.6 Å². The number of nitrogens with one attached hydrogen (secondary N) is 1. The predicted molar refractivity (Wildman–Crippen MR) is 77.4 cm³/mol. The monoisotopic (exact) mass is 272 g/mol. The van der Waals surface area contributed by atoms with Crippen LogP contribution in [0.5, 0.6) is 0 Å². The number of carbonyl (C=O) groups is 1. The number of hydrogen-bond acceptors (Lipinski definition) is 3.